The number of H-pyrrole nitrogens is 1. The fraction of sp³-hybridized carbons (Fsp3) is 0.385. The van der Waals surface area contributed by atoms with E-state index in [1.807, 2.05) is 0 Å². The highest BCUT2D eigenvalue weighted by Gasteiger charge is 2.02. The van der Waals surface area contributed by atoms with Crippen molar-refractivity contribution < 1.29 is 0 Å². The van der Waals surface area contributed by atoms with Gasteiger partial charge in [0.2, 0.25) is 0 Å². The predicted octanol–water partition coefficient (Wildman–Crippen LogP) is 3.68. The van der Waals surface area contributed by atoms with Gasteiger partial charge < -0.3 is 4.98 Å². The summed E-state index contributed by atoms with van der Waals surface area (Å²) in [5, 5.41) is 1.41. The Bertz CT molecular complexity index is 426. The molecule has 0 atom stereocenters. The first-order chi connectivity index (χ1) is 6.85. The molecule has 0 aliphatic heterocycles. The number of hydrogen-bond donors (Lipinski definition) is 1. The van der Waals surface area contributed by atoms with E-state index in [9.17, 15) is 0 Å². The van der Waals surface area contributed by atoms with E-state index >= 15 is 0 Å². The minimum Gasteiger partial charge on any atom is -0.361 e. The molecule has 0 spiro atoms. The SMILES string of the molecule is CCCc1c[nH]c2ccc(CC)cc12. The van der Waals surface area contributed by atoms with Gasteiger partial charge in [0.15, 0.2) is 0 Å². The van der Waals surface area contributed by atoms with Gasteiger partial charge in [0.1, 0.15) is 0 Å². The molecule has 1 aromatic carbocycles. The van der Waals surface area contributed by atoms with Gasteiger partial charge in [0.05, 0.1) is 0 Å². The molecule has 0 saturated carbocycles. The molecule has 0 unspecified atom stereocenters. The van der Waals surface area contributed by atoms with Crippen LogP contribution in [0.4, 0.5) is 0 Å². The number of rotatable bonds is 3. The van der Waals surface area contributed by atoms with Gasteiger partial charge in [-0.1, -0.05) is 26.3 Å². The van der Waals surface area contributed by atoms with Gasteiger partial charge >= 0.3 is 0 Å². The Balaban J connectivity index is 2.52. The molecule has 0 fully saturated rings. The van der Waals surface area contributed by atoms with E-state index in [2.05, 4.69) is 43.2 Å². The maximum atomic E-state index is 3.32. The summed E-state index contributed by atoms with van der Waals surface area (Å²) in [4.78, 5) is 3.32. The van der Waals surface area contributed by atoms with Crippen LogP contribution in [-0.4, -0.2) is 4.98 Å². The molecule has 0 radical (unpaired) electrons. The molecule has 1 heterocycles. The topological polar surface area (TPSA) is 15.8 Å². The first kappa shape index (κ1) is 9.32. The lowest BCUT2D eigenvalue weighted by Gasteiger charge is -1.99. The Morgan fingerprint density at radius 3 is 2.79 bits per heavy atom. The molecule has 1 heteroatoms. The van der Waals surface area contributed by atoms with Gasteiger partial charge in [-0.05, 0) is 36.1 Å². The third kappa shape index (κ3) is 1.54. The lowest BCUT2D eigenvalue weighted by molar-refractivity contribution is 0.928. The lowest BCUT2D eigenvalue weighted by atomic mass is 10.1. The maximum absolute atomic E-state index is 3.32. The number of aromatic nitrogens is 1. The van der Waals surface area contributed by atoms with Crippen LogP contribution in [0.5, 0.6) is 0 Å². The summed E-state index contributed by atoms with van der Waals surface area (Å²) in [6.07, 6.45) is 5.65. The molecule has 0 amide bonds. The molecular formula is C13H17N. The van der Waals surface area contributed by atoms with E-state index in [0.29, 0.717) is 0 Å². The van der Waals surface area contributed by atoms with Crippen LogP contribution >= 0.6 is 0 Å². The van der Waals surface area contributed by atoms with Crippen molar-refractivity contribution in [3.63, 3.8) is 0 Å². The second-order valence-electron chi connectivity index (χ2n) is 3.80. The average Bonchev–Trinajstić information content (AvgIpc) is 2.61. The molecule has 1 N–H and O–H groups in total. The Hall–Kier alpha value is -1.24. The molecule has 2 aromatic rings. The summed E-state index contributed by atoms with van der Waals surface area (Å²) >= 11 is 0. The summed E-state index contributed by atoms with van der Waals surface area (Å²) < 4.78 is 0. The van der Waals surface area contributed by atoms with Crippen molar-refractivity contribution in [1.82, 2.24) is 4.98 Å². The van der Waals surface area contributed by atoms with Crippen LogP contribution < -0.4 is 0 Å². The summed E-state index contributed by atoms with van der Waals surface area (Å²) in [5.41, 5.74) is 4.15. The molecule has 0 aliphatic carbocycles. The monoisotopic (exact) mass is 187 g/mol. The summed E-state index contributed by atoms with van der Waals surface area (Å²) in [7, 11) is 0. The van der Waals surface area contributed by atoms with E-state index in [4.69, 9.17) is 0 Å². The van der Waals surface area contributed by atoms with Crippen molar-refractivity contribution in [2.45, 2.75) is 33.1 Å². The molecule has 0 aliphatic rings. The van der Waals surface area contributed by atoms with E-state index in [1.54, 1.807) is 0 Å². The predicted molar refractivity (Wildman–Crippen MR) is 61.7 cm³/mol. The van der Waals surface area contributed by atoms with Gasteiger partial charge in [-0.15, -0.1) is 0 Å². The standard InChI is InChI=1S/C13H17N/c1-3-5-11-9-14-13-7-6-10(4-2)8-12(11)13/h6-9,14H,3-5H2,1-2H3. The average molecular weight is 187 g/mol. The number of aromatic amines is 1. The Kier molecular flexibility index (Phi) is 2.58. The van der Waals surface area contributed by atoms with Crippen LogP contribution in [0.3, 0.4) is 0 Å². The Morgan fingerprint density at radius 2 is 2.07 bits per heavy atom. The Morgan fingerprint density at radius 1 is 1.21 bits per heavy atom. The van der Waals surface area contributed by atoms with Gasteiger partial charge in [0.25, 0.3) is 0 Å². The fourth-order valence-electron chi connectivity index (χ4n) is 1.92. The summed E-state index contributed by atoms with van der Waals surface area (Å²) in [6, 6.07) is 6.71. The first-order valence-electron chi connectivity index (χ1n) is 5.44. The number of nitrogens with one attached hydrogen (secondary N) is 1. The quantitative estimate of drug-likeness (QED) is 0.754. The first-order valence-corrected chi connectivity index (χ1v) is 5.44. The zero-order valence-electron chi connectivity index (χ0n) is 8.93. The zero-order chi connectivity index (χ0) is 9.97. The third-order valence-corrected chi connectivity index (χ3v) is 2.76. The lowest BCUT2D eigenvalue weighted by Crippen LogP contribution is -1.82. The summed E-state index contributed by atoms with van der Waals surface area (Å²) in [5.74, 6) is 0. The van der Waals surface area contributed by atoms with Crippen molar-refractivity contribution in [2.24, 2.45) is 0 Å². The number of aryl methyl sites for hydroxylation is 2. The van der Waals surface area contributed by atoms with E-state index in [-0.39, 0.29) is 0 Å². The van der Waals surface area contributed by atoms with Crippen LogP contribution in [0.15, 0.2) is 24.4 Å². The van der Waals surface area contributed by atoms with E-state index < -0.39 is 0 Å². The van der Waals surface area contributed by atoms with Crippen molar-refractivity contribution >= 4 is 10.9 Å². The molecule has 0 bridgehead atoms. The van der Waals surface area contributed by atoms with Crippen LogP contribution in [0.2, 0.25) is 0 Å². The molecular weight excluding hydrogens is 170 g/mol. The zero-order valence-corrected chi connectivity index (χ0v) is 8.93. The van der Waals surface area contributed by atoms with Crippen LogP contribution in [-0.2, 0) is 12.8 Å². The highest BCUT2D eigenvalue weighted by atomic mass is 14.7. The van der Waals surface area contributed by atoms with Gasteiger partial charge in [0, 0.05) is 17.1 Å². The largest absolute Gasteiger partial charge is 0.361 e. The Labute approximate surface area is 85.1 Å². The summed E-state index contributed by atoms with van der Waals surface area (Å²) in [6.45, 7) is 4.43. The van der Waals surface area contributed by atoms with Crippen molar-refractivity contribution in [3.05, 3.63) is 35.5 Å². The van der Waals surface area contributed by atoms with Crippen molar-refractivity contribution in [2.75, 3.05) is 0 Å². The highest BCUT2D eigenvalue weighted by Crippen LogP contribution is 2.21. The van der Waals surface area contributed by atoms with E-state index in [0.717, 1.165) is 6.42 Å². The normalized spacial score (nSPS) is 11.0. The molecule has 1 nitrogen and oxygen atoms in total. The fourth-order valence-corrected chi connectivity index (χ4v) is 1.92. The maximum Gasteiger partial charge on any atom is 0.0456 e. The smallest absolute Gasteiger partial charge is 0.0456 e. The second-order valence-corrected chi connectivity index (χ2v) is 3.80. The second kappa shape index (κ2) is 3.87. The molecule has 0 saturated heterocycles. The molecule has 2 rings (SSSR count). The highest BCUT2D eigenvalue weighted by molar-refractivity contribution is 5.83. The van der Waals surface area contributed by atoms with Gasteiger partial charge in [-0.2, -0.15) is 0 Å². The van der Waals surface area contributed by atoms with Crippen molar-refractivity contribution in [3.8, 4) is 0 Å². The van der Waals surface area contributed by atoms with Crippen LogP contribution in [0.25, 0.3) is 10.9 Å². The van der Waals surface area contributed by atoms with Crippen LogP contribution in [0, 0.1) is 0 Å². The molecule has 74 valence electrons. The van der Waals surface area contributed by atoms with Gasteiger partial charge in [-0.25, -0.2) is 0 Å². The number of fused-ring (bicyclic) bond motifs is 1. The van der Waals surface area contributed by atoms with Crippen molar-refractivity contribution in [1.29, 1.82) is 0 Å². The number of hydrogen-bond acceptors (Lipinski definition) is 0. The molecule has 1 aromatic heterocycles. The molecule has 14 heavy (non-hydrogen) atoms. The van der Waals surface area contributed by atoms with Gasteiger partial charge in [-0.3, -0.25) is 0 Å². The minimum atomic E-state index is 1.12. The third-order valence-electron chi connectivity index (χ3n) is 2.76. The number of benzene rings is 1. The van der Waals surface area contributed by atoms with Crippen LogP contribution in [0.1, 0.15) is 31.4 Å². The van der Waals surface area contributed by atoms with E-state index in [1.165, 1.54) is 34.9 Å². The minimum absolute atomic E-state index is 1.12.